The number of aliphatic carboxylic acids is 1. The van der Waals surface area contributed by atoms with Crippen LogP contribution in [-0.4, -0.2) is 35.0 Å². The third-order valence-electron chi connectivity index (χ3n) is 4.43. The molecule has 100 valence electrons. The Morgan fingerprint density at radius 3 is 2.33 bits per heavy atom. The maximum atomic E-state index is 12.5. The number of piperidine rings is 1. The van der Waals surface area contributed by atoms with Crippen molar-refractivity contribution < 1.29 is 14.7 Å². The van der Waals surface area contributed by atoms with Gasteiger partial charge in [0, 0.05) is 13.1 Å². The minimum absolute atomic E-state index is 0.211. The summed E-state index contributed by atoms with van der Waals surface area (Å²) in [5.41, 5.74) is -0.211. The monoisotopic (exact) mass is 251 g/mol. The third kappa shape index (κ3) is 2.28. The molecule has 0 unspecified atom stereocenters. The summed E-state index contributed by atoms with van der Waals surface area (Å²) in [6, 6.07) is 0. The van der Waals surface area contributed by atoms with Crippen molar-refractivity contribution in [1.82, 2.24) is 4.90 Å². The Balaban J connectivity index is 1.94. The van der Waals surface area contributed by atoms with Gasteiger partial charge in [-0.1, -0.05) is 12.5 Å². The highest BCUT2D eigenvalue weighted by Gasteiger charge is 2.45. The average molecular weight is 251 g/mol. The summed E-state index contributed by atoms with van der Waals surface area (Å²) >= 11 is 0. The van der Waals surface area contributed by atoms with E-state index in [0.29, 0.717) is 25.9 Å². The molecule has 1 aliphatic heterocycles. The summed E-state index contributed by atoms with van der Waals surface area (Å²) in [6.07, 6.45) is 6.79. The first-order chi connectivity index (χ1) is 8.59. The van der Waals surface area contributed by atoms with Crippen LogP contribution in [0.2, 0.25) is 0 Å². The maximum absolute atomic E-state index is 12.5. The molecule has 1 saturated heterocycles. The number of carboxylic acids is 1. The summed E-state index contributed by atoms with van der Waals surface area (Å²) < 4.78 is 0. The molecule has 1 heterocycles. The zero-order valence-corrected chi connectivity index (χ0v) is 10.7. The number of carbonyl (C=O) groups is 2. The smallest absolute Gasteiger partial charge is 0.306 e. The lowest BCUT2D eigenvalue weighted by Crippen LogP contribution is -2.50. The van der Waals surface area contributed by atoms with Gasteiger partial charge < -0.3 is 10.0 Å². The van der Waals surface area contributed by atoms with E-state index in [1.165, 1.54) is 0 Å². The molecule has 2 aliphatic rings. The highest BCUT2D eigenvalue weighted by Crippen LogP contribution is 2.46. The van der Waals surface area contributed by atoms with Crippen molar-refractivity contribution in [2.24, 2.45) is 11.3 Å². The van der Waals surface area contributed by atoms with Crippen LogP contribution < -0.4 is 0 Å². The van der Waals surface area contributed by atoms with Gasteiger partial charge in [-0.25, -0.2) is 0 Å². The number of allylic oxidation sites excluding steroid dienone is 1. The Hall–Kier alpha value is -1.32. The second kappa shape index (κ2) is 5.12. The summed E-state index contributed by atoms with van der Waals surface area (Å²) in [5, 5.41) is 8.95. The molecule has 0 bridgehead atoms. The molecule has 1 N–H and O–H groups in total. The highest BCUT2D eigenvalue weighted by atomic mass is 16.4. The summed E-state index contributed by atoms with van der Waals surface area (Å²) in [4.78, 5) is 25.2. The summed E-state index contributed by atoms with van der Waals surface area (Å²) in [5.74, 6) is -0.783. The third-order valence-corrected chi connectivity index (χ3v) is 4.43. The largest absolute Gasteiger partial charge is 0.481 e. The van der Waals surface area contributed by atoms with E-state index in [2.05, 4.69) is 6.58 Å². The second-order valence-electron chi connectivity index (χ2n) is 5.53. The number of hydrogen-bond donors (Lipinski definition) is 1. The molecule has 0 spiro atoms. The van der Waals surface area contributed by atoms with Crippen molar-refractivity contribution in [3.05, 3.63) is 12.7 Å². The van der Waals surface area contributed by atoms with Crippen LogP contribution in [0.5, 0.6) is 0 Å². The molecule has 4 nitrogen and oxygen atoms in total. The Bertz CT molecular complexity index is 352. The first-order valence-electron chi connectivity index (χ1n) is 6.72. The molecular formula is C14H21NO3. The maximum Gasteiger partial charge on any atom is 0.306 e. The van der Waals surface area contributed by atoms with Gasteiger partial charge in [0.25, 0.3) is 0 Å². The Morgan fingerprint density at radius 2 is 1.94 bits per heavy atom. The van der Waals surface area contributed by atoms with Gasteiger partial charge in [-0.05, 0) is 32.1 Å². The van der Waals surface area contributed by atoms with E-state index in [0.717, 1.165) is 25.7 Å². The molecule has 0 aromatic carbocycles. The lowest BCUT2D eigenvalue weighted by atomic mass is 9.65. The predicted octanol–water partition coefficient (Wildman–Crippen LogP) is 2.06. The normalized spacial score (nSPS) is 23.2. The number of likely N-dealkylation sites (tertiary alicyclic amines) is 1. The van der Waals surface area contributed by atoms with Gasteiger partial charge >= 0.3 is 5.97 Å². The average Bonchev–Trinajstić information content (AvgIpc) is 2.33. The molecule has 2 rings (SSSR count). The molecule has 18 heavy (non-hydrogen) atoms. The zero-order valence-electron chi connectivity index (χ0n) is 10.7. The number of amides is 1. The number of hydrogen-bond acceptors (Lipinski definition) is 2. The first-order valence-corrected chi connectivity index (χ1v) is 6.72. The van der Waals surface area contributed by atoms with E-state index < -0.39 is 5.97 Å². The minimum atomic E-state index is -0.730. The van der Waals surface area contributed by atoms with Crippen LogP contribution >= 0.6 is 0 Å². The first kappa shape index (κ1) is 13.1. The number of carbonyl (C=O) groups excluding carboxylic acids is 1. The van der Waals surface area contributed by atoms with Crippen molar-refractivity contribution in [1.29, 1.82) is 0 Å². The van der Waals surface area contributed by atoms with E-state index in [1.54, 1.807) is 0 Å². The van der Waals surface area contributed by atoms with Gasteiger partial charge in [-0.15, -0.1) is 6.58 Å². The Labute approximate surface area is 108 Å². The molecule has 0 aromatic rings. The van der Waals surface area contributed by atoms with Crippen molar-refractivity contribution in [3.8, 4) is 0 Å². The Kier molecular flexibility index (Phi) is 3.73. The van der Waals surface area contributed by atoms with Gasteiger partial charge in [-0.3, -0.25) is 9.59 Å². The van der Waals surface area contributed by atoms with Gasteiger partial charge in [0.1, 0.15) is 0 Å². The molecule has 1 amide bonds. The van der Waals surface area contributed by atoms with Gasteiger partial charge in [-0.2, -0.15) is 0 Å². The summed E-state index contributed by atoms with van der Waals surface area (Å²) in [6.45, 7) is 4.93. The fourth-order valence-electron chi connectivity index (χ4n) is 3.05. The van der Waals surface area contributed by atoms with Crippen LogP contribution in [0.15, 0.2) is 12.7 Å². The molecule has 1 aliphatic carbocycles. The van der Waals surface area contributed by atoms with Crippen LogP contribution in [0, 0.1) is 11.3 Å². The quantitative estimate of drug-likeness (QED) is 0.778. The molecule has 2 fully saturated rings. The van der Waals surface area contributed by atoms with Crippen LogP contribution in [0.25, 0.3) is 0 Å². The zero-order chi connectivity index (χ0) is 13.2. The van der Waals surface area contributed by atoms with E-state index in [-0.39, 0.29) is 17.2 Å². The standard InChI is InChI=1S/C14H21NO3/c1-2-6-14(7-3-8-14)13(18)15-9-4-11(5-10-15)12(16)17/h2,11H,1,3-10H2,(H,16,17). The second-order valence-corrected chi connectivity index (χ2v) is 5.53. The SMILES string of the molecule is C=CCC1(C(=O)N2CCC(C(=O)O)CC2)CCC1. The van der Waals surface area contributed by atoms with E-state index >= 15 is 0 Å². The highest BCUT2D eigenvalue weighted by molar-refractivity contribution is 5.84. The van der Waals surface area contributed by atoms with Crippen molar-refractivity contribution in [2.75, 3.05) is 13.1 Å². The molecule has 0 radical (unpaired) electrons. The van der Waals surface area contributed by atoms with Crippen LogP contribution in [0.4, 0.5) is 0 Å². The van der Waals surface area contributed by atoms with Crippen molar-refractivity contribution in [3.63, 3.8) is 0 Å². The molecule has 1 saturated carbocycles. The molecule has 0 atom stereocenters. The van der Waals surface area contributed by atoms with Crippen LogP contribution in [-0.2, 0) is 9.59 Å². The minimum Gasteiger partial charge on any atom is -0.481 e. The topological polar surface area (TPSA) is 57.6 Å². The predicted molar refractivity (Wildman–Crippen MR) is 68.0 cm³/mol. The Morgan fingerprint density at radius 1 is 1.33 bits per heavy atom. The van der Waals surface area contributed by atoms with Crippen LogP contribution in [0.3, 0.4) is 0 Å². The molecular weight excluding hydrogens is 230 g/mol. The number of nitrogens with zero attached hydrogens (tertiary/aromatic N) is 1. The fourth-order valence-corrected chi connectivity index (χ4v) is 3.05. The number of rotatable bonds is 4. The lowest BCUT2D eigenvalue weighted by Gasteiger charge is -2.44. The van der Waals surface area contributed by atoms with E-state index in [9.17, 15) is 9.59 Å². The van der Waals surface area contributed by atoms with Crippen LogP contribution in [0.1, 0.15) is 38.5 Å². The lowest BCUT2D eigenvalue weighted by molar-refractivity contribution is -0.152. The van der Waals surface area contributed by atoms with Crippen molar-refractivity contribution >= 4 is 11.9 Å². The summed E-state index contributed by atoms with van der Waals surface area (Å²) in [7, 11) is 0. The molecule has 4 heteroatoms. The van der Waals surface area contributed by atoms with E-state index in [1.807, 2.05) is 11.0 Å². The molecule has 0 aromatic heterocycles. The van der Waals surface area contributed by atoms with Gasteiger partial charge in [0.2, 0.25) is 5.91 Å². The number of carboxylic acid groups (broad SMARTS) is 1. The van der Waals surface area contributed by atoms with Gasteiger partial charge in [0.05, 0.1) is 11.3 Å². The van der Waals surface area contributed by atoms with Crippen molar-refractivity contribution in [2.45, 2.75) is 38.5 Å². The van der Waals surface area contributed by atoms with E-state index in [4.69, 9.17) is 5.11 Å². The van der Waals surface area contributed by atoms with Gasteiger partial charge in [0.15, 0.2) is 0 Å². The fraction of sp³-hybridized carbons (Fsp3) is 0.714.